The van der Waals surface area contributed by atoms with E-state index in [2.05, 4.69) is 5.10 Å². The molecule has 5 nitrogen and oxygen atoms in total. The number of fused-ring (bicyclic) bond motifs is 1. The lowest BCUT2D eigenvalue weighted by Crippen LogP contribution is -1.95. The number of rotatable bonds is 3. The van der Waals surface area contributed by atoms with Gasteiger partial charge in [0.25, 0.3) is 0 Å². The van der Waals surface area contributed by atoms with Crippen LogP contribution in [0.25, 0.3) is 22.6 Å². The fourth-order valence-electron chi connectivity index (χ4n) is 2.71. The number of hydrogen-bond donors (Lipinski definition) is 1. The summed E-state index contributed by atoms with van der Waals surface area (Å²) in [6.07, 6.45) is 3.71. The van der Waals surface area contributed by atoms with Gasteiger partial charge in [-0.3, -0.25) is 0 Å². The van der Waals surface area contributed by atoms with Crippen molar-refractivity contribution in [1.29, 1.82) is 0 Å². The summed E-state index contributed by atoms with van der Waals surface area (Å²) in [4.78, 5) is 11.4. The first-order valence-corrected chi connectivity index (χ1v) is 7.19. The van der Waals surface area contributed by atoms with Gasteiger partial charge in [-0.25, -0.2) is 9.48 Å². The molecule has 0 saturated heterocycles. The van der Waals surface area contributed by atoms with Gasteiger partial charge in [0.15, 0.2) is 0 Å². The predicted octanol–water partition coefficient (Wildman–Crippen LogP) is 3.49. The highest BCUT2D eigenvalue weighted by Gasteiger charge is 2.16. The number of carboxylic acid groups (broad SMARTS) is 1. The molecule has 0 saturated carbocycles. The fourth-order valence-corrected chi connectivity index (χ4v) is 2.71. The first-order valence-electron chi connectivity index (χ1n) is 7.19. The second-order valence-electron chi connectivity index (χ2n) is 5.19. The van der Waals surface area contributed by atoms with Crippen molar-refractivity contribution in [3.05, 3.63) is 78.6 Å². The van der Waals surface area contributed by atoms with E-state index >= 15 is 0 Å². The van der Waals surface area contributed by atoms with Crippen LogP contribution < -0.4 is 0 Å². The van der Waals surface area contributed by atoms with Crippen LogP contribution in [0.3, 0.4) is 0 Å². The van der Waals surface area contributed by atoms with Gasteiger partial charge in [-0.2, -0.15) is 5.10 Å². The smallest absolute Gasteiger partial charge is 0.337 e. The first-order chi connectivity index (χ1) is 11.2. The largest absolute Gasteiger partial charge is 0.478 e. The number of carboxylic acids is 1. The zero-order valence-corrected chi connectivity index (χ0v) is 12.1. The number of aromatic carboxylic acids is 1. The molecule has 0 spiro atoms. The number of para-hydroxylation sites is 1. The Morgan fingerprint density at radius 2 is 1.74 bits per heavy atom. The fraction of sp³-hybridized carbons (Fsp3) is 0. The second-order valence-corrected chi connectivity index (χ2v) is 5.19. The second kappa shape index (κ2) is 5.14. The molecule has 4 rings (SSSR count). The maximum atomic E-state index is 11.4. The van der Waals surface area contributed by atoms with Crippen LogP contribution in [-0.2, 0) is 0 Å². The van der Waals surface area contributed by atoms with Crippen LogP contribution in [0.5, 0.6) is 0 Å². The summed E-state index contributed by atoms with van der Waals surface area (Å²) in [6.45, 7) is 0. The molecular weight excluding hydrogens is 290 g/mol. The summed E-state index contributed by atoms with van der Waals surface area (Å²) >= 11 is 0. The van der Waals surface area contributed by atoms with E-state index in [1.807, 2.05) is 65.3 Å². The minimum Gasteiger partial charge on any atom is -0.478 e. The topological polar surface area (TPSA) is 59.5 Å². The Balaban J connectivity index is 1.87. The van der Waals surface area contributed by atoms with Gasteiger partial charge in [0, 0.05) is 12.4 Å². The van der Waals surface area contributed by atoms with E-state index in [9.17, 15) is 9.90 Å². The van der Waals surface area contributed by atoms with Gasteiger partial charge in [0.2, 0.25) is 0 Å². The molecule has 3 heterocycles. The maximum absolute atomic E-state index is 11.4. The van der Waals surface area contributed by atoms with Gasteiger partial charge in [0.1, 0.15) is 5.69 Å². The SMILES string of the molecule is O=C(O)c1cc(-c2ccn(-c3ccccc3)n2)n2ccccc12. The van der Waals surface area contributed by atoms with E-state index in [0.717, 1.165) is 17.1 Å². The summed E-state index contributed by atoms with van der Waals surface area (Å²) in [5.74, 6) is -0.942. The Kier molecular flexibility index (Phi) is 2.98. The first kappa shape index (κ1) is 13.3. The van der Waals surface area contributed by atoms with Gasteiger partial charge < -0.3 is 9.51 Å². The molecule has 1 aromatic carbocycles. The molecule has 0 amide bonds. The van der Waals surface area contributed by atoms with E-state index < -0.39 is 5.97 Å². The van der Waals surface area contributed by atoms with Crippen LogP contribution in [0.2, 0.25) is 0 Å². The number of pyridine rings is 1. The third-order valence-electron chi connectivity index (χ3n) is 3.78. The van der Waals surface area contributed by atoms with E-state index in [-0.39, 0.29) is 5.56 Å². The minimum absolute atomic E-state index is 0.273. The third kappa shape index (κ3) is 2.19. The lowest BCUT2D eigenvalue weighted by molar-refractivity contribution is 0.0699. The van der Waals surface area contributed by atoms with Gasteiger partial charge in [-0.15, -0.1) is 0 Å². The number of nitrogens with zero attached hydrogens (tertiary/aromatic N) is 3. The lowest BCUT2D eigenvalue weighted by Gasteiger charge is -2.01. The molecule has 0 radical (unpaired) electrons. The third-order valence-corrected chi connectivity index (χ3v) is 3.78. The predicted molar refractivity (Wildman–Crippen MR) is 86.9 cm³/mol. The Bertz CT molecular complexity index is 999. The molecule has 4 aromatic rings. The van der Waals surface area contributed by atoms with Crippen LogP contribution in [0.1, 0.15) is 10.4 Å². The van der Waals surface area contributed by atoms with E-state index in [4.69, 9.17) is 0 Å². The summed E-state index contributed by atoms with van der Waals surface area (Å²) in [7, 11) is 0. The van der Waals surface area contributed by atoms with Crippen LogP contribution in [0.4, 0.5) is 0 Å². The van der Waals surface area contributed by atoms with Crippen LogP contribution in [-0.4, -0.2) is 25.3 Å². The molecule has 0 bridgehead atoms. The van der Waals surface area contributed by atoms with Crippen molar-refractivity contribution in [3.63, 3.8) is 0 Å². The normalized spacial score (nSPS) is 11.0. The van der Waals surface area contributed by atoms with Crippen molar-refractivity contribution in [2.75, 3.05) is 0 Å². The Morgan fingerprint density at radius 1 is 0.957 bits per heavy atom. The molecule has 112 valence electrons. The van der Waals surface area contributed by atoms with Crippen molar-refractivity contribution in [1.82, 2.24) is 14.2 Å². The van der Waals surface area contributed by atoms with Crippen LogP contribution in [0.15, 0.2) is 73.1 Å². The lowest BCUT2D eigenvalue weighted by atomic mass is 10.2. The maximum Gasteiger partial charge on any atom is 0.337 e. The molecule has 0 unspecified atom stereocenters. The van der Waals surface area contributed by atoms with Crippen molar-refractivity contribution >= 4 is 11.5 Å². The van der Waals surface area contributed by atoms with Gasteiger partial charge in [-0.05, 0) is 36.4 Å². The van der Waals surface area contributed by atoms with Gasteiger partial charge in [-0.1, -0.05) is 24.3 Å². The average Bonchev–Trinajstić information content (AvgIpc) is 3.20. The number of benzene rings is 1. The zero-order chi connectivity index (χ0) is 15.8. The highest BCUT2D eigenvalue weighted by molar-refractivity contribution is 5.98. The van der Waals surface area contributed by atoms with Crippen LogP contribution >= 0.6 is 0 Å². The Morgan fingerprint density at radius 3 is 2.52 bits per heavy atom. The zero-order valence-electron chi connectivity index (χ0n) is 12.1. The Hall–Kier alpha value is -3.34. The molecule has 0 aliphatic heterocycles. The molecular formula is C18H13N3O2. The summed E-state index contributed by atoms with van der Waals surface area (Å²) < 4.78 is 3.62. The van der Waals surface area contributed by atoms with E-state index in [1.165, 1.54) is 0 Å². The molecule has 1 N–H and O–H groups in total. The van der Waals surface area contributed by atoms with Crippen molar-refractivity contribution in [2.24, 2.45) is 0 Å². The summed E-state index contributed by atoms with van der Waals surface area (Å²) in [5, 5.41) is 14.0. The average molecular weight is 303 g/mol. The number of hydrogen-bond acceptors (Lipinski definition) is 2. The molecule has 5 heteroatoms. The molecule has 3 aromatic heterocycles. The van der Waals surface area contributed by atoms with Crippen LogP contribution in [0, 0.1) is 0 Å². The quantitative estimate of drug-likeness (QED) is 0.630. The summed E-state index contributed by atoms with van der Waals surface area (Å²) in [6, 6.07) is 18.8. The van der Waals surface area contributed by atoms with Crippen molar-refractivity contribution in [3.8, 4) is 17.1 Å². The van der Waals surface area contributed by atoms with E-state index in [0.29, 0.717) is 5.52 Å². The van der Waals surface area contributed by atoms with Crippen molar-refractivity contribution in [2.45, 2.75) is 0 Å². The number of aromatic nitrogens is 3. The van der Waals surface area contributed by atoms with Gasteiger partial charge >= 0.3 is 5.97 Å². The minimum atomic E-state index is -0.942. The van der Waals surface area contributed by atoms with Gasteiger partial charge in [0.05, 0.1) is 22.5 Å². The molecule has 0 aliphatic rings. The highest BCUT2D eigenvalue weighted by Crippen LogP contribution is 2.25. The molecule has 0 atom stereocenters. The monoisotopic (exact) mass is 303 g/mol. The molecule has 0 aliphatic carbocycles. The summed E-state index contributed by atoms with van der Waals surface area (Å²) in [5.41, 5.74) is 3.37. The molecule has 0 fully saturated rings. The number of carbonyl (C=O) groups is 1. The highest BCUT2D eigenvalue weighted by atomic mass is 16.4. The Labute approximate surface area is 132 Å². The molecule has 23 heavy (non-hydrogen) atoms. The van der Waals surface area contributed by atoms with Crippen molar-refractivity contribution < 1.29 is 9.90 Å². The van der Waals surface area contributed by atoms with E-state index in [1.54, 1.807) is 16.8 Å². The standard InChI is InChI=1S/C18H13N3O2/c22-18(23)14-12-17(20-10-5-4-8-16(14)20)15-9-11-21(19-15)13-6-2-1-3-7-13/h1-12H,(H,22,23).